The molecule has 2 atom stereocenters. The van der Waals surface area contributed by atoms with Crippen LogP contribution in [0.4, 0.5) is 0 Å². The lowest BCUT2D eigenvalue weighted by Crippen LogP contribution is -2.45. The van der Waals surface area contributed by atoms with Crippen LogP contribution in [0.25, 0.3) is 0 Å². The van der Waals surface area contributed by atoms with Crippen molar-refractivity contribution in [3.05, 3.63) is 15.6 Å². The molecule has 1 aromatic heterocycles. The molecule has 2 saturated heterocycles. The van der Waals surface area contributed by atoms with E-state index >= 15 is 0 Å². The largest absolute Gasteiger partial charge is 0.379 e. The monoisotopic (exact) mass is 295 g/mol. The number of amides is 1. The van der Waals surface area contributed by atoms with E-state index in [2.05, 4.69) is 16.9 Å². The van der Waals surface area contributed by atoms with Crippen LogP contribution < -0.4 is 0 Å². The average Bonchev–Trinajstić information content (AvgIpc) is 2.54. The number of thiazole rings is 1. The Morgan fingerprint density at radius 2 is 2.10 bits per heavy atom. The summed E-state index contributed by atoms with van der Waals surface area (Å²) in [6.45, 7) is 7.95. The fraction of sp³-hybridized carbons (Fsp3) is 0.714. The normalized spacial score (nSPS) is 27.4. The molecule has 1 aromatic rings. The first kappa shape index (κ1) is 14.0. The molecule has 2 fully saturated rings. The van der Waals surface area contributed by atoms with Crippen molar-refractivity contribution in [2.75, 3.05) is 39.9 Å². The van der Waals surface area contributed by atoms with Gasteiger partial charge in [-0.1, -0.05) is 0 Å². The Hall–Kier alpha value is -0.980. The van der Waals surface area contributed by atoms with Crippen molar-refractivity contribution in [1.82, 2.24) is 14.8 Å². The standard InChI is InChI=1S/C14H21N3O2S/c1-9-13(20-10(2)15-9)14(18)17-5-11-4-16(3)6-12(17)8-19-7-11/h11-12H,4-8H2,1-3H3/t11-,12-/m0/s1. The van der Waals surface area contributed by atoms with Gasteiger partial charge < -0.3 is 14.5 Å². The highest BCUT2D eigenvalue weighted by atomic mass is 32.1. The number of carbonyl (C=O) groups excluding carboxylic acids is 1. The van der Waals surface area contributed by atoms with Gasteiger partial charge in [-0.05, 0) is 20.9 Å². The molecule has 0 N–H and O–H groups in total. The highest BCUT2D eigenvalue weighted by Crippen LogP contribution is 2.25. The number of hydrogen-bond donors (Lipinski definition) is 0. The smallest absolute Gasteiger partial charge is 0.266 e. The molecule has 0 aromatic carbocycles. The zero-order valence-electron chi connectivity index (χ0n) is 12.3. The first-order valence-corrected chi connectivity index (χ1v) is 7.87. The summed E-state index contributed by atoms with van der Waals surface area (Å²) in [6, 6.07) is 0.154. The van der Waals surface area contributed by atoms with E-state index in [1.807, 2.05) is 18.7 Å². The van der Waals surface area contributed by atoms with Gasteiger partial charge >= 0.3 is 0 Å². The molecule has 110 valence electrons. The van der Waals surface area contributed by atoms with Gasteiger partial charge in [0.25, 0.3) is 5.91 Å². The van der Waals surface area contributed by atoms with Crippen LogP contribution in [0.1, 0.15) is 20.4 Å². The minimum Gasteiger partial charge on any atom is -0.379 e. The molecule has 0 radical (unpaired) electrons. The molecule has 0 saturated carbocycles. The van der Waals surface area contributed by atoms with E-state index in [-0.39, 0.29) is 11.9 Å². The SMILES string of the molecule is Cc1nc(C)c(C(=O)N2C[C@H]3COC[C@@H]2CN(C)C3)s1. The Morgan fingerprint density at radius 1 is 1.30 bits per heavy atom. The Labute approximate surface area is 123 Å². The lowest BCUT2D eigenvalue weighted by molar-refractivity contribution is 0.0485. The van der Waals surface area contributed by atoms with Crippen LogP contribution in [0.5, 0.6) is 0 Å². The van der Waals surface area contributed by atoms with Gasteiger partial charge in [0.2, 0.25) is 0 Å². The molecule has 3 rings (SSSR count). The van der Waals surface area contributed by atoms with Crippen LogP contribution in [0.15, 0.2) is 0 Å². The van der Waals surface area contributed by atoms with E-state index in [9.17, 15) is 4.79 Å². The van der Waals surface area contributed by atoms with Crippen molar-refractivity contribution >= 4 is 17.2 Å². The number of rotatable bonds is 1. The van der Waals surface area contributed by atoms with Gasteiger partial charge in [-0.25, -0.2) is 4.98 Å². The van der Waals surface area contributed by atoms with Gasteiger partial charge in [-0.15, -0.1) is 11.3 Å². The molecule has 6 heteroatoms. The summed E-state index contributed by atoms with van der Waals surface area (Å²) in [5, 5.41) is 0.956. The molecule has 1 amide bonds. The van der Waals surface area contributed by atoms with Crippen molar-refractivity contribution in [1.29, 1.82) is 0 Å². The highest BCUT2D eigenvalue weighted by Gasteiger charge is 2.36. The quantitative estimate of drug-likeness (QED) is 0.780. The fourth-order valence-corrected chi connectivity index (χ4v) is 4.06. The Bertz CT molecular complexity index is 517. The van der Waals surface area contributed by atoms with Crippen molar-refractivity contribution in [2.24, 2.45) is 5.92 Å². The first-order chi connectivity index (χ1) is 9.54. The highest BCUT2D eigenvalue weighted by molar-refractivity contribution is 7.13. The Balaban J connectivity index is 1.88. The Morgan fingerprint density at radius 3 is 2.80 bits per heavy atom. The van der Waals surface area contributed by atoms with E-state index in [0.717, 1.165) is 41.8 Å². The van der Waals surface area contributed by atoms with Gasteiger partial charge in [-0.2, -0.15) is 0 Å². The van der Waals surface area contributed by atoms with Crippen molar-refractivity contribution in [3.63, 3.8) is 0 Å². The summed E-state index contributed by atoms with van der Waals surface area (Å²) < 4.78 is 5.73. The van der Waals surface area contributed by atoms with E-state index in [0.29, 0.717) is 12.5 Å². The minimum atomic E-state index is 0.129. The maximum absolute atomic E-state index is 12.9. The van der Waals surface area contributed by atoms with Gasteiger partial charge in [0.15, 0.2) is 0 Å². The third kappa shape index (κ3) is 2.60. The van der Waals surface area contributed by atoms with Crippen LogP contribution in [-0.2, 0) is 4.74 Å². The number of likely N-dealkylation sites (N-methyl/N-ethyl adjacent to an activating group) is 1. The second-order valence-corrected chi connectivity index (χ2v) is 7.09. The van der Waals surface area contributed by atoms with Gasteiger partial charge in [-0.3, -0.25) is 4.79 Å². The maximum atomic E-state index is 12.9. The summed E-state index contributed by atoms with van der Waals surface area (Å²) >= 11 is 1.50. The number of ether oxygens (including phenoxy) is 1. The third-order valence-corrected chi connectivity index (χ3v) is 5.07. The summed E-state index contributed by atoms with van der Waals surface area (Å²) in [5.41, 5.74) is 0.852. The topological polar surface area (TPSA) is 45.7 Å². The predicted molar refractivity (Wildman–Crippen MR) is 78.2 cm³/mol. The van der Waals surface area contributed by atoms with E-state index in [1.54, 1.807) is 0 Å². The predicted octanol–water partition coefficient (Wildman–Crippen LogP) is 1.16. The summed E-state index contributed by atoms with van der Waals surface area (Å²) in [6.07, 6.45) is 0. The zero-order chi connectivity index (χ0) is 14.3. The van der Waals surface area contributed by atoms with Crippen LogP contribution in [-0.4, -0.2) is 66.6 Å². The minimum absolute atomic E-state index is 0.129. The lowest BCUT2D eigenvalue weighted by atomic mass is 10.1. The number of carbonyl (C=O) groups is 1. The zero-order valence-corrected chi connectivity index (χ0v) is 13.1. The summed E-state index contributed by atoms with van der Waals surface area (Å²) in [7, 11) is 2.13. The molecule has 5 nitrogen and oxygen atoms in total. The van der Waals surface area contributed by atoms with Gasteiger partial charge in [0.1, 0.15) is 4.88 Å². The van der Waals surface area contributed by atoms with E-state index in [4.69, 9.17) is 4.74 Å². The van der Waals surface area contributed by atoms with E-state index < -0.39 is 0 Å². The summed E-state index contributed by atoms with van der Waals surface area (Å²) in [5.74, 6) is 0.537. The second kappa shape index (κ2) is 5.42. The molecule has 2 aliphatic rings. The first-order valence-electron chi connectivity index (χ1n) is 7.06. The third-order valence-electron chi connectivity index (χ3n) is 4.01. The van der Waals surface area contributed by atoms with Gasteiger partial charge in [0.05, 0.1) is 30.0 Å². The number of aromatic nitrogens is 1. The molecule has 20 heavy (non-hydrogen) atoms. The van der Waals surface area contributed by atoms with Crippen LogP contribution in [0, 0.1) is 19.8 Å². The molecular weight excluding hydrogens is 274 g/mol. The molecule has 0 spiro atoms. The molecule has 2 bridgehead atoms. The molecule has 0 aliphatic carbocycles. The number of hydrogen-bond acceptors (Lipinski definition) is 5. The van der Waals surface area contributed by atoms with E-state index in [1.165, 1.54) is 11.3 Å². The van der Waals surface area contributed by atoms with Crippen LogP contribution in [0.3, 0.4) is 0 Å². The van der Waals surface area contributed by atoms with Crippen molar-refractivity contribution < 1.29 is 9.53 Å². The Kier molecular flexibility index (Phi) is 3.79. The van der Waals surface area contributed by atoms with Gasteiger partial charge in [0, 0.05) is 25.6 Å². The number of nitrogens with zero attached hydrogens (tertiary/aromatic N) is 3. The fourth-order valence-electron chi connectivity index (χ4n) is 3.19. The molecule has 3 heterocycles. The second-order valence-electron chi connectivity index (χ2n) is 5.88. The average molecular weight is 295 g/mol. The lowest BCUT2D eigenvalue weighted by Gasteiger charge is -2.29. The van der Waals surface area contributed by atoms with Crippen LogP contribution >= 0.6 is 11.3 Å². The van der Waals surface area contributed by atoms with Crippen LogP contribution in [0.2, 0.25) is 0 Å². The molecular formula is C14H21N3O2S. The number of aryl methyl sites for hydroxylation is 2. The molecule has 2 aliphatic heterocycles. The summed E-state index contributed by atoms with van der Waals surface area (Å²) in [4.78, 5) is 22.4. The maximum Gasteiger partial charge on any atom is 0.266 e. The molecule has 0 unspecified atom stereocenters. The number of fused-ring (bicyclic) bond motifs is 3. The van der Waals surface area contributed by atoms with Crippen molar-refractivity contribution in [3.8, 4) is 0 Å². The van der Waals surface area contributed by atoms with Crippen molar-refractivity contribution in [2.45, 2.75) is 19.9 Å².